The Balaban J connectivity index is 1.29. The van der Waals surface area contributed by atoms with Crippen molar-refractivity contribution in [2.45, 2.75) is 52.7 Å². The number of aliphatic hydroxyl groups excluding tert-OH is 1. The molecule has 2 aromatic heterocycles. The summed E-state index contributed by atoms with van der Waals surface area (Å²) in [4.78, 5) is 16.0. The molecule has 10 heteroatoms. The van der Waals surface area contributed by atoms with E-state index in [2.05, 4.69) is 58.7 Å². The van der Waals surface area contributed by atoms with Gasteiger partial charge in [0.25, 0.3) is 0 Å². The number of anilines is 2. The Bertz CT molecular complexity index is 1250. The highest BCUT2D eigenvalue weighted by Gasteiger charge is 2.51. The van der Waals surface area contributed by atoms with E-state index in [-0.39, 0.29) is 12.6 Å². The van der Waals surface area contributed by atoms with Crippen LogP contribution in [0.15, 0.2) is 24.4 Å². The molecule has 4 heterocycles. The zero-order chi connectivity index (χ0) is 26.9. The van der Waals surface area contributed by atoms with Gasteiger partial charge in [-0.15, -0.1) is 0 Å². The topological polar surface area (TPSA) is 109 Å². The number of ether oxygens (including phenoxy) is 1. The second kappa shape index (κ2) is 11.0. The van der Waals surface area contributed by atoms with Gasteiger partial charge in [0, 0.05) is 62.8 Å². The van der Waals surface area contributed by atoms with Crippen molar-refractivity contribution in [2.24, 2.45) is 5.41 Å². The first-order chi connectivity index (χ1) is 18.3. The molecule has 0 saturated carbocycles. The Morgan fingerprint density at radius 1 is 1.13 bits per heavy atom. The number of rotatable bonds is 12. The molecule has 0 unspecified atom stereocenters. The number of fused-ring (bicyclic) bond motifs is 1. The van der Waals surface area contributed by atoms with Crippen molar-refractivity contribution >= 4 is 22.8 Å². The third-order valence-electron chi connectivity index (χ3n) is 7.88. The van der Waals surface area contributed by atoms with Crippen molar-refractivity contribution in [3.8, 4) is 5.75 Å². The fourth-order valence-electron chi connectivity index (χ4n) is 5.90. The molecule has 1 spiro atoms. The van der Waals surface area contributed by atoms with Crippen LogP contribution in [0.2, 0.25) is 0 Å². The average molecular weight is 523 g/mol. The first-order valence-electron chi connectivity index (χ1n) is 13.8. The smallest absolute Gasteiger partial charge is 0.222 e. The number of benzene rings is 1. The number of unbranched alkanes of at least 4 members (excludes halogenated alkanes) is 1. The van der Waals surface area contributed by atoms with Crippen LogP contribution < -0.4 is 15.4 Å². The molecule has 2 saturated heterocycles. The van der Waals surface area contributed by atoms with Gasteiger partial charge in [0.15, 0.2) is 11.3 Å². The summed E-state index contributed by atoms with van der Waals surface area (Å²) in [5.74, 6) is 1.74. The average Bonchev–Trinajstić information content (AvgIpc) is 3.24. The van der Waals surface area contributed by atoms with Gasteiger partial charge < -0.3 is 20.5 Å². The van der Waals surface area contributed by atoms with Crippen LogP contribution in [-0.4, -0.2) is 93.7 Å². The fourth-order valence-corrected chi connectivity index (χ4v) is 5.90. The Kier molecular flexibility index (Phi) is 7.74. The number of nitrogen functional groups attached to an aromatic ring is 1. The molecule has 0 radical (unpaired) electrons. The van der Waals surface area contributed by atoms with Crippen molar-refractivity contribution in [3.63, 3.8) is 0 Å². The quantitative estimate of drug-likeness (QED) is 0.371. The third kappa shape index (κ3) is 5.43. The Morgan fingerprint density at radius 3 is 2.61 bits per heavy atom. The molecule has 10 nitrogen and oxygen atoms in total. The molecule has 0 amide bonds. The summed E-state index contributed by atoms with van der Waals surface area (Å²) in [6.07, 6.45) is 3.94. The van der Waals surface area contributed by atoms with Gasteiger partial charge in [0.1, 0.15) is 11.3 Å². The van der Waals surface area contributed by atoms with Crippen LogP contribution >= 0.6 is 0 Å². The van der Waals surface area contributed by atoms with E-state index in [9.17, 15) is 5.11 Å². The SMILES string of the molecule is CCCCN(CCO)c1nc(N)nc2cn(Cc3ccc(CN4CC5(C4)CN(C(C)C)C5)cc3OC)nc12. The molecule has 0 bridgehead atoms. The monoisotopic (exact) mass is 522 g/mol. The largest absolute Gasteiger partial charge is 0.496 e. The van der Waals surface area contributed by atoms with E-state index in [1.807, 2.05) is 15.8 Å². The number of aromatic nitrogens is 4. The molecular weight excluding hydrogens is 480 g/mol. The van der Waals surface area contributed by atoms with Gasteiger partial charge in [-0.05, 0) is 31.9 Å². The summed E-state index contributed by atoms with van der Waals surface area (Å²) in [6.45, 7) is 14.3. The molecule has 3 N–H and O–H groups in total. The Labute approximate surface area is 225 Å². The molecule has 1 aromatic carbocycles. The predicted molar refractivity (Wildman–Crippen MR) is 150 cm³/mol. The minimum Gasteiger partial charge on any atom is -0.496 e. The third-order valence-corrected chi connectivity index (χ3v) is 7.88. The van der Waals surface area contributed by atoms with Crippen molar-refractivity contribution in [2.75, 3.05) is 63.6 Å². The van der Waals surface area contributed by atoms with Gasteiger partial charge in [-0.2, -0.15) is 10.1 Å². The van der Waals surface area contributed by atoms with Crippen molar-refractivity contribution < 1.29 is 9.84 Å². The van der Waals surface area contributed by atoms with Gasteiger partial charge in [-0.25, -0.2) is 4.98 Å². The molecule has 0 atom stereocenters. The van der Waals surface area contributed by atoms with Gasteiger partial charge in [-0.3, -0.25) is 14.5 Å². The van der Waals surface area contributed by atoms with Crippen LogP contribution in [0.25, 0.3) is 11.0 Å². The Morgan fingerprint density at radius 2 is 1.92 bits per heavy atom. The van der Waals surface area contributed by atoms with Crippen LogP contribution in [0.5, 0.6) is 5.75 Å². The molecule has 2 fully saturated rings. The predicted octanol–water partition coefficient (Wildman–Crippen LogP) is 2.59. The summed E-state index contributed by atoms with van der Waals surface area (Å²) < 4.78 is 7.65. The summed E-state index contributed by atoms with van der Waals surface area (Å²) in [7, 11) is 1.72. The van der Waals surface area contributed by atoms with Crippen LogP contribution in [0.1, 0.15) is 44.7 Å². The lowest BCUT2D eigenvalue weighted by Gasteiger charge is -2.61. The van der Waals surface area contributed by atoms with Gasteiger partial charge in [-0.1, -0.05) is 25.5 Å². The van der Waals surface area contributed by atoms with Crippen molar-refractivity contribution in [3.05, 3.63) is 35.5 Å². The first kappa shape index (κ1) is 26.6. The number of hydrogen-bond donors (Lipinski definition) is 2. The molecule has 3 aromatic rings. The minimum absolute atomic E-state index is 0.0359. The molecule has 2 aliphatic rings. The fraction of sp³-hybridized carbons (Fsp3) is 0.607. The number of likely N-dealkylation sites (tertiary alicyclic amines) is 2. The second-order valence-electron chi connectivity index (χ2n) is 11.3. The van der Waals surface area contributed by atoms with Crippen LogP contribution in [0, 0.1) is 5.41 Å². The number of aliphatic hydroxyl groups is 1. The lowest BCUT2D eigenvalue weighted by molar-refractivity contribution is -0.128. The van der Waals surface area contributed by atoms with Crippen LogP contribution in [0.3, 0.4) is 0 Å². The van der Waals surface area contributed by atoms with E-state index in [0.29, 0.717) is 41.4 Å². The van der Waals surface area contributed by atoms with E-state index in [1.54, 1.807) is 7.11 Å². The summed E-state index contributed by atoms with van der Waals surface area (Å²) >= 11 is 0. The zero-order valence-electron chi connectivity index (χ0n) is 23.2. The maximum absolute atomic E-state index is 9.60. The minimum atomic E-state index is 0.0359. The molecule has 5 rings (SSSR count). The van der Waals surface area contributed by atoms with Crippen LogP contribution in [0.4, 0.5) is 11.8 Å². The molecule has 206 valence electrons. The summed E-state index contributed by atoms with van der Waals surface area (Å²) in [5.41, 5.74) is 10.3. The standard InChI is InChI=1S/C28H42N8O2/c1-5-6-9-34(10-11-37)26-25-23(30-27(29)31-26)15-36(32-25)14-22-8-7-21(12-24(22)38-4)13-33-16-28(17-33)18-35(19-28)20(2)3/h7-8,12,15,20,37H,5-6,9-11,13-14,16-19H2,1-4H3,(H2,29,30). The molecule has 2 aliphatic heterocycles. The maximum Gasteiger partial charge on any atom is 0.222 e. The van der Waals surface area contributed by atoms with E-state index < -0.39 is 0 Å². The highest BCUT2D eigenvalue weighted by Crippen LogP contribution is 2.41. The van der Waals surface area contributed by atoms with E-state index in [0.717, 1.165) is 37.2 Å². The van der Waals surface area contributed by atoms with E-state index >= 15 is 0 Å². The summed E-state index contributed by atoms with van der Waals surface area (Å²) in [5, 5.41) is 14.4. The molecule has 0 aliphatic carbocycles. The number of methoxy groups -OCH3 is 1. The number of hydrogen-bond acceptors (Lipinski definition) is 9. The van der Waals surface area contributed by atoms with Gasteiger partial charge in [0.05, 0.1) is 26.5 Å². The number of nitrogens with two attached hydrogens (primary N) is 1. The normalized spacial score (nSPS) is 17.2. The van der Waals surface area contributed by atoms with Gasteiger partial charge in [0.2, 0.25) is 5.95 Å². The lowest BCUT2D eigenvalue weighted by Crippen LogP contribution is -2.72. The molecular formula is C28H42N8O2. The van der Waals surface area contributed by atoms with Crippen molar-refractivity contribution in [1.29, 1.82) is 0 Å². The highest BCUT2D eigenvalue weighted by atomic mass is 16.5. The molecule has 38 heavy (non-hydrogen) atoms. The van der Waals surface area contributed by atoms with Crippen molar-refractivity contribution in [1.82, 2.24) is 29.5 Å². The highest BCUT2D eigenvalue weighted by molar-refractivity contribution is 5.86. The number of nitrogens with zero attached hydrogens (tertiary/aromatic N) is 7. The maximum atomic E-state index is 9.60. The Hall–Kier alpha value is -2.95. The van der Waals surface area contributed by atoms with Crippen LogP contribution in [-0.2, 0) is 13.1 Å². The summed E-state index contributed by atoms with van der Waals surface area (Å²) in [6, 6.07) is 7.14. The van der Waals surface area contributed by atoms with E-state index in [4.69, 9.17) is 15.6 Å². The first-order valence-corrected chi connectivity index (χ1v) is 13.8. The van der Waals surface area contributed by atoms with E-state index in [1.165, 1.54) is 31.7 Å². The van der Waals surface area contributed by atoms with Gasteiger partial charge >= 0.3 is 0 Å². The second-order valence-corrected chi connectivity index (χ2v) is 11.3. The lowest BCUT2D eigenvalue weighted by atomic mass is 9.72. The zero-order valence-corrected chi connectivity index (χ0v) is 23.2.